The summed E-state index contributed by atoms with van der Waals surface area (Å²) in [6, 6.07) is 2.41. The van der Waals surface area contributed by atoms with Gasteiger partial charge in [0, 0.05) is 5.56 Å². The summed E-state index contributed by atoms with van der Waals surface area (Å²) in [4.78, 5) is 23.8. The van der Waals surface area contributed by atoms with Crippen molar-refractivity contribution < 1.29 is 40.3 Å². The van der Waals surface area contributed by atoms with Crippen LogP contribution < -0.4 is 10.6 Å². The molecule has 0 bridgehead atoms. The number of halogens is 11. The van der Waals surface area contributed by atoms with E-state index in [0.29, 0.717) is 6.92 Å². The van der Waals surface area contributed by atoms with Gasteiger partial charge in [-0.1, -0.05) is 52.5 Å². The maximum atomic E-state index is 14.8. The molecule has 2 aromatic rings. The summed E-state index contributed by atoms with van der Waals surface area (Å²) >= 11 is 23.3. The molecule has 0 fully saturated rings. The zero-order chi connectivity index (χ0) is 28.3. The van der Waals surface area contributed by atoms with Crippen molar-refractivity contribution in [3.8, 4) is 0 Å². The van der Waals surface area contributed by atoms with Gasteiger partial charge in [0.05, 0.1) is 32.2 Å². The second-order valence-corrected chi connectivity index (χ2v) is 9.14. The van der Waals surface area contributed by atoms with E-state index in [1.807, 2.05) is 5.32 Å². The largest absolute Gasteiger partial charge is 0.408 e. The third-order valence-corrected chi connectivity index (χ3v) is 6.31. The summed E-state index contributed by atoms with van der Waals surface area (Å²) in [5.74, 6) is -5.95. The van der Waals surface area contributed by atoms with E-state index in [2.05, 4.69) is 0 Å². The van der Waals surface area contributed by atoms with Crippen molar-refractivity contribution in [1.82, 2.24) is 10.6 Å². The molecule has 4 nitrogen and oxygen atoms in total. The molecule has 0 heterocycles. The third kappa shape index (κ3) is 8.39. The maximum absolute atomic E-state index is 14.8. The second-order valence-electron chi connectivity index (χ2n) is 7.54. The number of alkyl halides is 6. The SMILES string of the molecule is CC(NC(=O)CNC(=O)c1ccc(/C(F)=C/C(c2cc(Cl)c(Cl)c(Cl)c2)C(F)(F)F)cc1Cl)C(F)(F)F. The van der Waals surface area contributed by atoms with E-state index in [4.69, 9.17) is 46.4 Å². The Kier molecular flexibility index (Phi) is 10.1. The molecular formula is C22H15Cl4F7N2O2. The molecular weight excluding hydrogens is 599 g/mol. The van der Waals surface area contributed by atoms with Gasteiger partial charge in [-0.15, -0.1) is 0 Å². The Morgan fingerprint density at radius 3 is 1.97 bits per heavy atom. The lowest BCUT2D eigenvalue weighted by molar-refractivity contribution is -0.157. The van der Waals surface area contributed by atoms with Gasteiger partial charge in [-0.3, -0.25) is 9.59 Å². The summed E-state index contributed by atoms with van der Waals surface area (Å²) < 4.78 is 93.3. The fraction of sp³-hybridized carbons (Fsp3) is 0.273. The van der Waals surface area contributed by atoms with E-state index >= 15 is 0 Å². The number of allylic oxidation sites excluding steroid dienone is 1. The molecule has 0 aliphatic carbocycles. The highest BCUT2D eigenvalue weighted by molar-refractivity contribution is 6.48. The van der Waals surface area contributed by atoms with Gasteiger partial charge < -0.3 is 10.6 Å². The fourth-order valence-corrected chi connectivity index (χ4v) is 3.73. The van der Waals surface area contributed by atoms with Crippen LogP contribution in [0.15, 0.2) is 36.4 Å². The van der Waals surface area contributed by atoms with Crippen LogP contribution in [0.4, 0.5) is 30.7 Å². The predicted octanol–water partition coefficient (Wildman–Crippen LogP) is 7.75. The Labute approximate surface area is 225 Å². The number of benzene rings is 2. The molecule has 2 atom stereocenters. The van der Waals surface area contributed by atoms with Crippen LogP contribution in [0.5, 0.6) is 0 Å². The van der Waals surface area contributed by atoms with Crippen LogP contribution in [-0.2, 0) is 4.79 Å². The van der Waals surface area contributed by atoms with Crippen LogP contribution in [0, 0.1) is 0 Å². The first-order valence-corrected chi connectivity index (χ1v) is 11.5. The summed E-state index contributed by atoms with van der Waals surface area (Å²) in [6.07, 6.45) is -9.38. The van der Waals surface area contributed by atoms with Crippen molar-refractivity contribution in [2.24, 2.45) is 0 Å². The van der Waals surface area contributed by atoms with Crippen molar-refractivity contribution in [3.05, 3.63) is 73.2 Å². The molecule has 2 amide bonds. The number of nitrogens with one attached hydrogen (secondary N) is 2. The number of rotatable bonds is 7. The first kappa shape index (κ1) is 31.0. The maximum Gasteiger partial charge on any atom is 0.408 e. The molecule has 0 aromatic heterocycles. The molecule has 0 aliphatic rings. The highest BCUT2D eigenvalue weighted by atomic mass is 35.5. The van der Waals surface area contributed by atoms with Gasteiger partial charge in [-0.2, -0.15) is 26.3 Å². The van der Waals surface area contributed by atoms with Gasteiger partial charge >= 0.3 is 12.4 Å². The van der Waals surface area contributed by atoms with E-state index < -0.39 is 64.6 Å². The lowest BCUT2D eigenvalue weighted by Crippen LogP contribution is -2.47. The molecule has 0 saturated heterocycles. The van der Waals surface area contributed by atoms with Crippen LogP contribution in [-0.4, -0.2) is 36.8 Å². The summed E-state index contributed by atoms with van der Waals surface area (Å²) in [6.45, 7) is -0.123. The molecule has 202 valence electrons. The Morgan fingerprint density at radius 1 is 0.919 bits per heavy atom. The summed E-state index contributed by atoms with van der Waals surface area (Å²) in [5, 5.41) is 2.56. The monoisotopic (exact) mass is 612 g/mol. The van der Waals surface area contributed by atoms with Crippen LogP contribution in [0.3, 0.4) is 0 Å². The molecule has 2 N–H and O–H groups in total. The van der Waals surface area contributed by atoms with Crippen molar-refractivity contribution in [1.29, 1.82) is 0 Å². The highest BCUT2D eigenvalue weighted by Gasteiger charge is 2.40. The Morgan fingerprint density at radius 2 is 1.49 bits per heavy atom. The van der Waals surface area contributed by atoms with Crippen molar-refractivity contribution in [2.45, 2.75) is 31.2 Å². The van der Waals surface area contributed by atoms with Crippen molar-refractivity contribution in [3.63, 3.8) is 0 Å². The molecule has 2 aromatic carbocycles. The van der Waals surface area contributed by atoms with Gasteiger partial charge in [0.1, 0.15) is 17.8 Å². The van der Waals surface area contributed by atoms with Gasteiger partial charge in [0.15, 0.2) is 0 Å². The standard InChI is InChI=1S/C22H15Cl4F7N2O2/c1-9(21(28,29)30)35-18(36)8-34-20(37)12-3-2-10(4-14(12)23)17(27)7-13(22(31,32)33)11-5-15(24)19(26)16(25)6-11/h2-7,9,13H,8H2,1H3,(H,34,37)(H,35,36)/b17-7-. The minimum Gasteiger partial charge on any atom is -0.343 e. The topological polar surface area (TPSA) is 58.2 Å². The first-order chi connectivity index (χ1) is 16.9. The van der Waals surface area contributed by atoms with Crippen molar-refractivity contribution >= 4 is 64.0 Å². The van der Waals surface area contributed by atoms with Gasteiger partial charge in [-0.05, 0) is 42.8 Å². The number of amides is 2. The van der Waals surface area contributed by atoms with Crippen LogP contribution in [0.1, 0.15) is 34.3 Å². The first-order valence-electron chi connectivity index (χ1n) is 9.94. The van der Waals surface area contributed by atoms with E-state index in [1.165, 1.54) is 0 Å². The van der Waals surface area contributed by atoms with E-state index in [9.17, 15) is 40.3 Å². The fourth-order valence-electron chi connectivity index (χ4n) is 2.85. The van der Waals surface area contributed by atoms with E-state index in [0.717, 1.165) is 30.3 Å². The third-order valence-electron chi connectivity index (χ3n) is 4.80. The minimum atomic E-state index is -4.95. The molecule has 37 heavy (non-hydrogen) atoms. The lowest BCUT2D eigenvalue weighted by atomic mass is 9.96. The van der Waals surface area contributed by atoms with Crippen molar-refractivity contribution in [2.75, 3.05) is 6.54 Å². The van der Waals surface area contributed by atoms with Crippen LogP contribution in [0.2, 0.25) is 20.1 Å². The predicted molar refractivity (Wildman–Crippen MR) is 127 cm³/mol. The van der Waals surface area contributed by atoms with Crippen LogP contribution >= 0.6 is 46.4 Å². The Balaban J connectivity index is 2.23. The number of carbonyl (C=O) groups is 2. The average Bonchev–Trinajstić information content (AvgIpc) is 2.77. The van der Waals surface area contributed by atoms with Gasteiger partial charge in [-0.25, -0.2) is 4.39 Å². The molecule has 0 saturated carbocycles. The van der Waals surface area contributed by atoms with Crippen LogP contribution in [0.25, 0.3) is 5.83 Å². The quantitative estimate of drug-likeness (QED) is 0.248. The molecule has 2 unspecified atom stereocenters. The van der Waals surface area contributed by atoms with E-state index in [1.54, 1.807) is 5.32 Å². The zero-order valence-electron chi connectivity index (χ0n) is 18.3. The number of carbonyl (C=O) groups excluding carboxylic acids is 2. The second kappa shape index (κ2) is 12.1. The lowest BCUT2D eigenvalue weighted by Gasteiger charge is -2.19. The highest BCUT2D eigenvalue weighted by Crippen LogP contribution is 2.42. The molecule has 0 spiro atoms. The Bertz CT molecular complexity index is 1190. The molecule has 0 aliphatic heterocycles. The summed E-state index contributed by atoms with van der Waals surface area (Å²) in [7, 11) is 0. The minimum absolute atomic E-state index is 0.176. The zero-order valence-corrected chi connectivity index (χ0v) is 21.3. The smallest absolute Gasteiger partial charge is 0.343 e. The van der Waals surface area contributed by atoms with Gasteiger partial charge in [0.25, 0.3) is 5.91 Å². The Hall–Kier alpha value is -2.21. The van der Waals surface area contributed by atoms with Gasteiger partial charge in [0.2, 0.25) is 5.91 Å². The molecule has 2 rings (SSSR count). The normalized spacial score (nSPS) is 14.2. The average molecular weight is 614 g/mol. The number of hydrogen-bond donors (Lipinski definition) is 2. The number of hydrogen-bond acceptors (Lipinski definition) is 2. The molecule has 15 heteroatoms. The van der Waals surface area contributed by atoms with E-state index in [-0.39, 0.29) is 26.7 Å². The molecule has 0 radical (unpaired) electrons. The summed E-state index contributed by atoms with van der Waals surface area (Å²) in [5.41, 5.74) is -1.21.